The van der Waals surface area contributed by atoms with Gasteiger partial charge in [0, 0.05) is 29.7 Å². The molecule has 152 valence electrons. The zero-order chi connectivity index (χ0) is 20.6. The van der Waals surface area contributed by atoms with E-state index in [-0.39, 0.29) is 22.5 Å². The van der Waals surface area contributed by atoms with Crippen LogP contribution in [0.4, 0.5) is 0 Å². The van der Waals surface area contributed by atoms with Crippen molar-refractivity contribution in [2.45, 2.75) is 55.6 Å². The molecule has 0 spiro atoms. The van der Waals surface area contributed by atoms with E-state index in [2.05, 4.69) is 4.98 Å². The smallest absolute Gasteiger partial charge is 0.251 e. The molecule has 0 bridgehead atoms. The monoisotopic (exact) mass is 411 g/mol. The number of nitrogens with one attached hydrogen (secondary N) is 1. The third-order valence-electron chi connectivity index (χ3n) is 5.81. The van der Waals surface area contributed by atoms with Crippen molar-refractivity contribution in [1.82, 2.24) is 4.98 Å². The molecule has 2 saturated carbocycles. The number of rotatable bonds is 6. The normalized spacial score (nSPS) is 20.2. The molecule has 2 fully saturated rings. The molecule has 1 atom stereocenters. The first-order valence-corrected chi connectivity index (χ1v) is 11.7. The molecule has 0 saturated heterocycles. The minimum Gasteiger partial charge on any atom is -0.322 e. The largest absolute Gasteiger partial charge is 0.322 e. The second kappa shape index (κ2) is 7.75. The Hall–Kier alpha value is -2.47. The molecule has 0 unspecified atom stereocenters. The number of aromatic amines is 1. The lowest BCUT2D eigenvalue weighted by Crippen LogP contribution is -2.14. The third-order valence-corrected chi connectivity index (χ3v) is 8.08. The van der Waals surface area contributed by atoms with Crippen molar-refractivity contribution < 1.29 is 13.2 Å². The van der Waals surface area contributed by atoms with Crippen molar-refractivity contribution in [3.8, 4) is 0 Å². The lowest BCUT2D eigenvalue weighted by molar-refractivity contribution is -0.117. The topological polar surface area (TPSA) is 84.1 Å². The first-order chi connectivity index (χ1) is 13.9. The number of hydrogen-bond acceptors (Lipinski definition) is 4. The van der Waals surface area contributed by atoms with Gasteiger partial charge in [-0.25, -0.2) is 8.42 Å². The van der Waals surface area contributed by atoms with E-state index in [9.17, 15) is 18.0 Å². The highest BCUT2D eigenvalue weighted by Gasteiger charge is 2.36. The molecule has 4 rings (SSSR count). The molecule has 1 aromatic heterocycles. The van der Waals surface area contributed by atoms with Gasteiger partial charge in [-0.05, 0) is 55.4 Å². The number of ketones is 1. The zero-order valence-electron chi connectivity index (χ0n) is 16.5. The van der Waals surface area contributed by atoms with Gasteiger partial charge in [0.25, 0.3) is 5.56 Å². The molecule has 5 nitrogen and oxygen atoms in total. The summed E-state index contributed by atoms with van der Waals surface area (Å²) in [5.41, 5.74) is 2.95. The van der Waals surface area contributed by atoms with E-state index in [0.717, 1.165) is 36.0 Å². The summed E-state index contributed by atoms with van der Waals surface area (Å²) in [6.45, 7) is 1.93. The molecule has 1 N–H and O–H groups in total. The Balaban J connectivity index is 1.74. The number of sulfone groups is 1. The number of H-pyrrole nitrogens is 1. The summed E-state index contributed by atoms with van der Waals surface area (Å²) < 4.78 is 25.0. The van der Waals surface area contributed by atoms with Crippen LogP contribution in [0.25, 0.3) is 5.57 Å². The van der Waals surface area contributed by atoms with Crippen molar-refractivity contribution >= 4 is 21.2 Å². The van der Waals surface area contributed by atoms with Crippen LogP contribution in [0.1, 0.15) is 55.8 Å². The molecular weight excluding hydrogens is 386 g/mol. The second-order valence-electron chi connectivity index (χ2n) is 7.97. The van der Waals surface area contributed by atoms with Gasteiger partial charge in [-0.2, -0.15) is 0 Å². The number of hydrogen-bond donors (Lipinski definition) is 1. The number of Topliss-reactive ketones (excluding diaryl/α,β-unsaturated/α-hetero) is 1. The van der Waals surface area contributed by atoms with E-state index >= 15 is 0 Å². The molecule has 6 heteroatoms. The van der Waals surface area contributed by atoms with Gasteiger partial charge in [0.1, 0.15) is 5.78 Å². The van der Waals surface area contributed by atoms with Gasteiger partial charge in [-0.1, -0.05) is 31.2 Å². The molecule has 1 heterocycles. The summed E-state index contributed by atoms with van der Waals surface area (Å²) in [6.07, 6.45) is 6.05. The average molecular weight is 412 g/mol. The maximum atomic E-state index is 12.5. The lowest BCUT2D eigenvalue weighted by atomic mass is 9.95. The number of aryl methyl sites for hydroxylation is 1. The summed E-state index contributed by atoms with van der Waals surface area (Å²) in [5, 5.41) is -0.245. The number of aromatic nitrogens is 1. The average Bonchev–Trinajstić information content (AvgIpc) is 3.49. The van der Waals surface area contributed by atoms with Gasteiger partial charge in [0.05, 0.1) is 10.1 Å². The quantitative estimate of drug-likeness (QED) is 0.786. The third kappa shape index (κ3) is 4.13. The maximum absolute atomic E-state index is 12.5. The Bertz CT molecular complexity index is 1120. The van der Waals surface area contributed by atoms with Gasteiger partial charge in [-0.3, -0.25) is 9.59 Å². The Kier molecular flexibility index (Phi) is 5.30. The van der Waals surface area contributed by atoms with Crippen LogP contribution >= 0.6 is 0 Å². The van der Waals surface area contributed by atoms with E-state index in [4.69, 9.17) is 0 Å². The fraction of sp³-hybridized carbons (Fsp3) is 0.391. The number of benzene rings is 1. The molecule has 0 amide bonds. The highest BCUT2D eigenvalue weighted by atomic mass is 32.2. The summed E-state index contributed by atoms with van der Waals surface area (Å²) in [5.74, 6) is 0.382. The minimum absolute atomic E-state index is 0.119. The number of carbonyl (C=O) groups excluding carboxylic acids is 1. The van der Waals surface area contributed by atoms with E-state index < -0.39 is 9.84 Å². The molecule has 2 aliphatic carbocycles. The van der Waals surface area contributed by atoms with Crippen LogP contribution < -0.4 is 5.56 Å². The summed E-state index contributed by atoms with van der Waals surface area (Å²) in [4.78, 5) is 27.4. The van der Waals surface area contributed by atoms with Gasteiger partial charge in [0.2, 0.25) is 0 Å². The Labute approximate surface area is 170 Å². The van der Waals surface area contributed by atoms with Crippen LogP contribution in [0.2, 0.25) is 0 Å². The molecule has 2 aliphatic rings. The standard InChI is InChI=1S/C23H25NO4S/c1-2-16-6-12-22(24-23(16)26)21(14-15-3-7-18(25)13-15)17-4-8-19(9-5-17)29(27,28)20-10-11-20/h4-6,8-9,12,14-15,20H,2-3,7,10-11,13H2,1H3,(H,24,26)/t15-/m0/s1. The molecule has 0 radical (unpaired) electrons. The van der Waals surface area contributed by atoms with E-state index in [1.54, 1.807) is 24.3 Å². The van der Waals surface area contributed by atoms with Gasteiger partial charge in [0.15, 0.2) is 9.84 Å². The van der Waals surface area contributed by atoms with Crippen molar-refractivity contribution in [2.75, 3.05) is 0 Å². The van der Waals surface area contributed by atoms with Crippen LogP contribution in [0.5, 0.6) is 0 Å². The van der Waals surface area contributed by atoms with Crippen LogP contribution in [-0.4, -0.2) is 24.4 Å². The predicted octanol–water partition coefficient (Wildman–Crippen LogP) is 3.67. The van der Waals surface area contributed by atoms with Gasteiger partial charge < -0.3 is 4.98 Å². The van der Waals surface area contributed by atoms with E-state index in [1.807, 2.05) is 25.1 Å². The summed E-state index contributed by atoms with van der Waals surface area (Å²) in [7, 11) is -3.24. The molecular formula is C23H25NO4S. The maximum Gasteiger partial charge on any atom is 0.251 e. The highest BCUT2D eigenvalue weighted by molar-refractivity contribution is 7.92. The van der Waals surface area contributed by atoms with Crippen LogP contribution in [0.15, 0.2) is 52.2 Å². The minimum atomic E-state index is -3.24. The van der Waals surface area contributed by atoms with Crippen molar-refractivity contribution in [3.63, 3.8) is 0 Å². The zero-order valence-corrected chi connectivity index (χ0v) is 17.3. The Morgan fingerprint density at radius 3 is 2.34 bits per heavy atom. The Morgan fingerprint density at radius 2 is 1.79 bits per heavy atom. The molecule has 0 aliphatic heterocycles. The Morgan fingerprint density at radius 1 is 1.07 bits per heavy atom. The van der Waals surface area contributed by atoms with E-state index in [1.165, 1.54) is 0 Å². The summed E-state index contributed by atoms with van der Waals surface area (Å²) >= 11 is 0. The van der Waals surface area contributed by atoms with Crippen molar-refractivity contribution in [2.24, 2.45) is 5.92 Å². The van der Waals surface area contributed by atoms with Crippen LogP contribution in [-0.2, 0) is 21.1 Å². The fourth-order valence-corrected chi connectivity index (χ4v) is 5.55. The van der Waals surface area contributed by atoms with Crippen LogP contribution in [0, 0.1) is 5.92 Å². The van der Waals surface area contributed by atoms with Crippen molar-refractivity contribution in [1.29, 1.82) is 0 Å². The number of pyridine rings is 1. The first kappa shape index (κ1) is 19.8. The SMILES string of the molecule is CCc1ccc(C(=C[C@H]2CCC(=O)C2)c2ccc(S(=O)(=O)C3CC3)cc2)[nH]c1=O. The van der Waals surface area contributed by atoms with Crippen molar-refractivity contribution in [3.05, 3.63) is 69.6 Å². The van der Waals surface area contributed by atoms with Crippen LogP contribution in [0.3, 0.4) is 0 Å². The lowest BCUT2D eigenvalue weighted by Gasteiger charge is -2.13. The predicted molar refractivity (Wildman–Crippen MR) is 113 cm³/mol. The number of carbonyl (C=O) groups is 1. The molecule has 1 aromatic carbocycles. The molecule has 29 heavy (non-hydrogen) atoms. The summed E-state index contributed by atoms with van der Waals surface area (Å²) in [6, 6.07) is 10.6. The number of allylic oxidation sites excluding steroid dienone is 1. The molecule has 2 aromatic rings. The van der Waals surface area contributed by atoms with Gasteiger partial charge in [-0.15, -0.1) is 0 Å². The second-order valence-corrected chi connectivity index (χ2v) is 10.2. The first-order valence-electron chi connectivity index (χ1n) is 10.2. The fourth-order valence-electron chi connectivity index (χ4n) is 3.90. The van der Waals surface area contributed by atoms with E-state index in [0.29, 0.717) is 29.9 Å². The highest BCUT2D eigenvalue weighted by Crippen LogP contribution is 2.35. The van der Waals surface area contributed by atoms with Gasteiger partial charge >= 0.3 is 0 Å².